The molecule has 1 heterocycles. The largest absolute Gasteiger partial charge is 0.354 e. The summed E-state index contributed by atoms with van der Waals surface area (Å²) in [5, 5.41) is 0. The molecule has 4 nitrogen and oxygen atoms in total. The molecule has 6 heteroatoms. The molecular formula is C10H15BrClN3O. The second-order valence-corrected chi connectivity index (χ2v) is 4.57. The summed E-state index contributed by atoms with van der Waals surface area (Å²) in [6.45, 7) is 3.67. The van der Waals surface area contributed by atoms with E-state index in [2.05, 4.69) is 32.8 Å². The predicted octanol–water partition coefficient (Wildman–Crippen LogP) is 2.38. The fraction of sp³-hybridized carbons (Fsp3) is 0.600. The summed E-state index contributed by atoms with van der Waals surface area (Å²) in [6, 6.07) is 0. The maximum atomic E-state index is 11.4. The summed E-state index contributed by atoms with van der Waals surface area (Å²) in [5.41, 5.74) is -0.166. The van der Waals surface area contributed by atoms with E-state index in [1.165, 1.54) is 6.33 Å². The Morgan fingerprint density at radius 2 is 2.31 bits per heavy atom. The summed E-state index contributed by atoms with van der Waals surface area (Å²) < 4.78 is 0.469. The fourth-order valence-electron chi connectivity index (χ4n) is 1.37. The number of H-pyrrole nitrogens is 1. The average Bonchev–Trinajstić information content (AvgIpc) is 2.28. The Morgan fingerprint density at radius 1 is 1.56 bits per heavy atom. The maximum Gasteiger partial charge on any atom is 0.267 e. The number of nitrogens with one attached hydrogen (secondary N) is 1. The van der Waals surface area contributed by atoms with Gasteiger partial charge in [-0.2, -0.15) is 0 Å². The van der Waals surface area contributed by atoms with Gasteiger partial charge in [0.2, 0.25) is 0 Å². The highest BCUT2D eigenvalue weighted by molar-refractivity contribution is 9.10. The lowest BCUT2D eigenvalue weighted by atomic mass is 10.3. The van der Waals surface area contributed by atoms with Gasteiger partial charge in [-0.25, -0.2) is 4.98 Å². The normalized spacial score (nSPS) is 10.4. The third-order valence-electron chi connectivity index (χ3n) is 2.21. The van der Waals surface area contributed by atoms with E-state index in [1.807, 2.05) is 4.90 Å². The molecule has 0 saturated carbocycles. The van der Waals surface area contributed by atoms with Crippen molar-refractivity contribution in [3.8, 4) is 0 Å². The minimum Gasteiger partial charge on any atom is -0.354 e. The van der Waals surface area contributed by atoms with Crippen LogP contribution >= 0.6 is 27.5 Å². The molecule has 16 heavy (non-hydrogen) atoms. The zero-order valence-electron chi connectivity index (χ0n) is 9.17. The van der Waals surface area contributed by atoms with Crippen molar-refractivity contribution < 1.29 is 0 Å². The number of unbranched alkanes of at least 4 members (excludes halogenated alkanes) is 1. The van der Waals surface area contributed by atoms with Crippen molar-refractivity contribution in [2.45, 2.75) is 19.8 Å². The van der Waals surface area contributed by atoms with Crippen LogP contribution in [0.25, 0.3) is 0 Å². The number of alkyl halides is 1. The molecule has 0 saturated heterocycles. The molecule has 0 aromatic carbocycles. The van der Waals surface area contributed by atoms with Crippen LogP contribution in [0.2, 0.25) is 0 Å². The Bertz CT molecular complexity index is 383. The van der Waals surface area contributed by atoms with Gasteiger partial charge in [-0.15, -0.1) is 11.6 Å². The number of aromatic nitrogens is 2. The number of nitrogens with zero attached hydrogens (tertiary/aromatic N) is 2. The first kappa shape index (κ1) is 13.5. The Kier molecular flexibility index (Phi) is 5.84. The smallest absolute Gasteiger partial charge is 0.267 e. The van der Waals surface area contributed by atoms with Gasteiger partial charge >= 0.3 is 0 Å². The Hall–Kier alpha value is -0.550. The molecule has 0 aliphatic heterocycles. The predicted molar refractivity (Wildman–Crippen MR) is 70.4 cm³/mol. The quantitative estimate of drug-likeness (QED) is 0.821. The first-order valence-electron chi connectivity index (χ1n) is 5.24. The molecular weight excluding hydrogens is 293 g/mol. The Balaban J connectivity index is 2.91. The fourth-order valence-corrected chi connectivity index (χ4v) is 2.04. The highest BCUT2D eigenvalue weighted by Gasteiger charge is 2.12. The topological polar surface area (TPSA) is 49.0 Å². The molecule has 1 rings (SSSR count). The van der Waals surface area contributed by atoms with Gasteiger partial charge in [0, 0.05) is 19.0 Å². The number of anilines is 1. The Morgan fingerprint density at radius 3 is 2.94 bits per heavy atom. The molecule has 0 aliphatic carbocycles. The molecule has 1 N–H and O–H groups in total. The highest BCUT2D eigenvalue weighted by atomic mass is 79.9. The third kappa shape index (κ3) is 3.49. The van der Waals surface area contributed by atoms with Crippen molar-refractivity contribution in [1.82, 2.24) is 9.97 Å². The molecule has 0 aliphatic rings. The molecule has 0 fully saturated rings. The number of hydrogen-bond acceptors (Lipinski definition) is 3. The van der Waals surface area contributed by atoms with Crippen LogP contribution < -0.4 is 10.5 Å². The number of rotatable bonds is 6. The van der Waals surface area contributed by atoms with Gasteiger partial charge < -0.3 is 9.88 Å². The van der Waals surface area contributed by atoms with Crippen LogP contribution in [-0.2, 0) is 0 Å². The first-order valence-corrected chi connectivity index (χ1v) is 6.57. The van der Waals surface area contributed by atoms with E-state index in [0.29, 0.717) is 22.7 Å². The standard InChI is InChI=1S/C10H15BrClN3O/c1-2-3-5-15(6-4-12)9-8(11)10(16)14-7-13-9/h7H,2-6H2,1H3,(H,13,14,16). The van der Waals surface area contributed by atoms with Crippen LogP contribution in [0.5, 0.6) is 0 Å². The van der Waals surface area contributed by atoms with Crippen LogP contribution in [0.3, 0.4) is 0 Å². The summed E-state index contributed by atoms with van der Waals surface area (Å²) in [5.74, 6) is 1.18. The van der Waals surface area contributed by atoms with Crippen LogP contribution in [0.4, 0.5) is 5.82 Å². The number of aromatic amines is 1. The van der Waals surface area contributed by atoms with E-state index in [0.717, 1.165) is 19.4 Å². The zero-order valence-corrected chi connectivity index (χ0v) is 11.5. The Labute approximate surface area is 108 Å². The van der Waals surface area contributed by atoms with Crippen LogP contribution in [0.15, 0.2) is 15.6 Å². The molecule has 90 valence electrons. The summed E-state index contributed by atoms with van der Waals surface area (Å²) >= 11 is 9.00. The molecule has 0 spiro atoms. The molecule has 0 unspecified atom stereocenters. The van der Waals surface area contributed by atoms with E-state index < -0.39 is 0 Å². The van der Waals surface area contributed by atoms with Gasteiger partial charge in [0.1, 0.15) is 10.3 Å². The lowest BCUT2D eigenvalue weighted by molar-refractivity contribution is 0.722. The van der Waals surface area contributed by atoms with Crippen molar-refractivity contribution in [1.29, 1.82) is 0 Å². The van der Waals surface area contributed by atoms with Crippen molar-refractivity contribution in [3.05, 3.63) is 21.2 Å². The van der Waals surface area contributed by atoms with Crippen LogP contribution in [-0.4, -0.2) is 28.9 Å². The molecule has 0 atom stereocenters. The second-order valence-electron chi connectivity index (χ2n) is 3.40. The minimum atomic E-state index is -0.166. The SMILES string of the molecule is CCCCN(CCCl)c1nc[nH]c(=O)c1Br. The van der Waals surface area contributed by atoms with Gasteiger partial charge in [-0.1, -0.05) is 13.3 Å². The molecule has 0 radical (unpaired) electrons. The monoisotopic (exact) mass is 307 g/mol. The van der Waals surface area contributed by atoms with Crippen molar-refractivity contribution >= 4 is 33.3 Å². The zero-order chi connectivity index (χ0) is 12.0. The summed E-state index contributed by atoms with van der Waals surface area (Å²) in [6.07, 6.45) is 3.56. The molecule has 1 aromatic heterocycles. The van der Waals surface area contributed by atoms with Gasteiger partial charge in [0.15, 0.2) is 0 Å². The van der Waals surface area contributed by atoms with Crippen molar-refractivity contribution in [3.63, 3.8) is 0 Å². The maximum absolute atomic E-state index is 11.4. The summed E-state index contributed by atoms with van der Waals surface area (Å²) in [7, 11) is 0. The van der Waals surface area contributed by atoms with E-state index in [1.54, 1.807) is 0 Å². The van der Waals surface area contributed by atoms with Crippen molar-refractivity contribution in [2.24, 2.45) is 0 Å². The van der Waals surface area contributed by atoms with Crippen molar-refractivity contribution in [2.75, 3.05) is 23.9 Å². The number of hydrogen-bond donors (Lipinski definition) is 1. The van der Waals surface area contributed by atoms with Crippen LogP contribution in [0.1, 0.15) is 19.8 Å². The third-order valence-corrected chi connectivity index (χ3v) is 3.10. The second kappa shape index (κ2) is 6.91. The molecule has 0 bridgehead atoms. The number of halogens is 2. The molecule has 1 aromatic rings. The lowest BCUT2D eigenvalue weighted by Gasteiger charge is -2.22. The lowest BCUT2D eigenvalue weighted by Crippen LogP contribution is -2.29. The first-order chi connectivity index (χ1) is 7.70. The van der Waals surface area contributed by atoms with Gasteiger partial charge in [0.25, 0.3) is 5.56 Å². The van der Waals surface area contributed by atoms with Crippen LogP contribution in [0, 0.1) is 0 Å². The minimum absolute atomic E-state index is 0.166. The van der Waals surface area contributed by atoms with Gasteiger partial charge in [-0.3, -0.25) is 4.79 Å². The van der Waals surface area contributed by atoms with Gasteiger partial charge in [-0.05, 0) is 22.4 Å². The summed E-state index contributed by atoms with van der Waals surface area (Å²) in [4.78, 5) is 20.1. The molecule has 0 amide bonds. The van der Waals surface area contributed by atoms with E-state index in [9.17, 15) is 4.79 Å². The van der Waals surface area contributed by atoms with E-state index in [4.69, 9.17) is 11.6 Å². The van der Waals surface area contributed by atoms with Gasteiger partial charge in [0.05, 0.1) is 6.33 Å². The average molecular weight is 309 g/mol. The van der Waals surface area contributed by atoms with E-state index in [-0.39, 0.29) is 5.56 Å². The highest BCUT2D eigenvalue weighted by Crippen LogP contribution is 2.19. The van der Waals surface area contributed by atoms with E-state index >= 15 is 0 Å².